The molecule has 5 aromatic rings. The monoisotopic (exact) mass is 554 g/mol. The molecule has 0 fully saturated rings. The molecule has 0 aliphatic carbocycles. The first-order chi connectivity index (χ1) is 19.3. The number of rotatable bonds is 8. The Morgan fingerprint density at radius 1 is 1.05 bits per heavy atom. The minimum atomic E-state index is -0.685. The fraction of sp³-hybridized carbons (Fsp3) is 0.258. The second-order valence-corrected chi connectivity index (χ2v) is 11.3. The Morgan fingerprint density at radius 2 is 1.85 bits per heavy atom. The van der Waals surface area contributed by atoms with Crippen LogP contribution in [0.5, 0.6) is 0 Å². The summed E-state index contributed by atoms with van der Waals surface area (Å²) in [6.45, 7) is 3.56. The number of carbonyl (C=O) groups excluding carboxylic acids is 1. The van der Waals surface area contributed by atoms with Gasteiger partial charge in [0.25, 0.3) is 5.56 Å². The van der Waals surface area contributed by atoms with E-state index in [0.29, 0.717) is 54.5 Å². The number of aromatic nitrogens is 3. The van der Waals surface area contributed by atoms with Crippen molar-refractivity contribution >= 4 is 44.0 Å². The number of oxime groups is 1. The normalized spacial score (nSPS) is 16.8. The summed E-state index contributed by atoms with van der Waals surface area (Å²) in [6, 6.07) is 19.3. The van der Waals surface area contributed by atoms with Crippen molar-refractivity contribution in [2.24, 2.45) is 5.16 Å². The van der Waals surface area contributed by atoms with E-state index < -0.39 is 5.60 Å². The molecule has 0 radical (unpaired) electrons. The second kappa shape index (κ2) is 10.4. The zero-order valence-electron chi connectivity index (χ0n) is 22.2. The van der Waals surface area contributed by atoms with Crippen molar-refractivity contribution in [1.82, 2.24) is 14.5 Å². The number of thiazole rings is 1. The van der Waals surface area contributed by atoms with Gasteiger partial charge < -0.3 is 9.63 Å². The van der Waals surface area contributed by atoms with Crippen molar-refractivity contribution in [3.05, 3.63) is 99.3 Å². The highest BCUT2D eigenvalue weighted by molar-refractivity contribution is 7.18. The highest BCUT2D eigenvalue weighted by Crippen LogP contribution is 2.40. The number of ketones is 1. The van der Waals surface area contributed by atoms with Gasteiger partial charge in [-0.1, -0.05) is 23.4 Å². The number of Topliss-reactive ketones (excluding diaryl/α,β-unsaturated/α-hetero) is 1. The number of hydrogen-bond acceptors (Lipinski definition) is 7. The topological polar surface area (TPSA) is 86.4 Å². The van der Waals surface area contributed by atoms with Gasteiger partial charge in [0.1, 0.15) is 22.4 Å². The van der Waals surface area contributed by atoms with Crippen LogP contribution in [-0.2, 0) is 21.7 Å². The molecule has 1 aliphatic rings. The molecule has 1 aliphatic heterocycles. The van der Waals surface area contributed by atoms with E-state index >= 15 is 0 Å². The van der Waals surface area contributed by atoms with Gasteiger partial charge in [-0.05, 0) is 75.2 Å². The Bertz CT molecular complexity index is 1810. The fourth-order valence-corrected chi connectivity index (χ4v) is 6.04. The molecule has 7 nitrogen and oxygen atoms in total. The first-order valence-corrected chi connectivity index (χ1v) is 14.0. The molecule has 3 aromatic carbocycles. The molecule has 3 heterocycles. The van der Waals surface area contributed by atoms with E-state index in [2.05, 4.69) is 5.16 Å². The van der Waals surface area contributed by atoms with Crippen LogP contribution in [0.2, 0.25) is 0 Å². The van der Waals surface area contributed by atoms with E-state index in [-0.39, 0.29) is 17.2 Å². The predicted octanol–water partition coefficient (Wildman–Crippen LogP) is 6.48. The molecule has 40 heavy (non-hydrogen) atoms. The minimum Gasteiger partial charge on any atom is -0.381 e. The van der Waals surface area contributed by atoms with Crippen LogP contribution in [0.1, 0.15) is 55.9 Å². The summed E-state index contributed by atoms with van der Waals surface area (Å²) >= 11 is 1.60. The van der Waals surface area contributed by atoms with E-state index in [9.17, 15) is 14.0 Å². The maximum absolute atomic E-state index is 13.7. The number of carbonyl (C=O) groups is 1. The number of aryl methyl sites for hydroxylation is 1. The van der Waals surface area contributed by atoms with E-state index in [1.807, 2.05) is 43.3 Å². The van der Waals surface area contributed by atoms with E-state index in [0.717, 1.165) is 26.5 Å². The quantitative estimate of drug-likeness (QED) is 0.205. The van der Waals surface area contributed by atoms with Crippen LogP contribution in [0, 0.1) is 5.82 Å². The predicted molar refractivity (Wildman–Crippen MR) is 155 cm³/mol. The molecule has 0 amide bonds. The number of fused-ring (bicyclic) bond motifs is 2. The van der Waals surface area contributed by atoms with Gasteiger partial charge in [-0.25, -0.2) is 14.4 Å². The Balaban J connectivity index is 1.34. The largest absolute Gasteiger partial charge is 0.381 e. The van der Waals surface area contributed by atoms with Gasteiger partial charge in [0, 0.05) is 24.8 Å². The van der Waals surface area contributed by atoms with Gasteiger partial charge in [0.05, 0.1) is 32.5 Å². The maximum atomic E-state index is 13.7. The van der Waals surface area contributed by atoms with Crippen LogP contribution in [0.15, 0.2) is 76.7 Å². The van der Waals surface area contributed by atoms with Gasteiger partial charge >= 0.3 is 0 Å². The molecular weight excluding hydrogens is 527 g/mol. The molecule has 0 unspecified atom stereocenters. The van der Waals surface area contributed by atoms with Crippen molar-refractivity contribution in [3.8, 4) is 5.69 Å². The number of benzene rings is 3. The Labute approximate surface area is 234 Å². The highest BCUT2D eigenvalue weighted by atomic mass is 32.1. The van der Waals surface area contributed by atoms with Crippen LogP contribution in [-0.4, -0.2) is 26.0 Å². The lowest BCUT2D eigenvalue weighted by Gasteiger charge is -2.18. The zero-order chi connectivity index (χ0) is 27.9. The van der Waals surface area contributed by atoms with Gasteiger partial charge in [-0.2, -0.15) is 0 Å². The molecule has 9 heteroatoms. The third-order valence-electron chi connectivity index (χ3n) is 7.14. The van der Waals surface area contributed by atoms with Crippen molar-refractivity contribution in [2.75, 3.05) is 0 Å². The fourth-order valence-electron chi connectivity index (χ4n) is 5.00. The van der Waals surface area contributed by atoms with Crippen molar-refractivity contribution in [3.63, 3.8) is 0 Å². The van der Waals surface area contributed by atoms with Crippen LogP contribution in [0.4, 0.5) is 4.39 Å². The minimum absolute atomic E-state index is 0.129. The lowest BCUT2D eigenvalue weighted by molar-refractivity contribution is -0.117. The summed E-state index contributed by atoms with van der Waals surface area (Å²) in [6.07, 6.45) is 2.90. The SMILES string of the molecule is CC(=O)CCCCc1nc2cc(C3=NO[C@](C)(c4nc5ccccc5s4)C3)ccc2c(=O)n1-c1ccc(F)cc1. The summed E-state index contributed by atoms with van der Waals surface area (Å²) in [5, 5.41) is 5.73. The van der Waals surface area contributed by atoms with E-state index in [1.165, 1.54) is 16.7 Å². The average Bonchev–Trinajstić information content (AvgIpc) is 3.57. The molecular formula is C31H27FN4O3S. The molecule has 202 valence electrons. The van der Waals surface area contributed by atoms with Crippen LogP contribution < -0.4 is 5.56 Å². The zero-order valence-corrected chi connectivity index (χ0v) is 23.0. The molecule has 0 spiro atoms. The summed E-state index contributed by atoms with van der Waals surface area (Å²) in [5.41, 5.74) is 2.71. The molecule has 6 rings (SSSR count). The summed E-state index contributed by atoms with van der Waals surface area (Å²) in [7, 11) is 0. The molecule has 0 bridgehead atoms. The van der Waals surface area contributed by atoms with Gasteiger partial charge in [0.15, 0.2) is 5.60 Å². The Hall–Kier alpha value is -4.24. The third-order valence-corrected chi connectivity index (χ3v) is 8.43. The summed E-state index contributed by atoms with van der Waals surface area (Å²) in [4.78, 5) is 40.7. The van der Waals surface area contributed by atoms with Crippen molar-refractivity contribution in [2.45, 2.75) is 51.6 Å². The first kappa shape index (κ1) is 26.0. The van der Waals surface area contributed by atoms with Crippen LogP contribution in [0.25, 0.3) is 26.8 Å². The molecule has 0 saturated carbocycles. The third kappa shape index (κ3) is 4.93. The Morgan fingerprint density at radius 3 is 2.62 bits per heavy atom. The second-order valence-electron chi connectivity index (χ2n) is 10.3. The average molecular weight is 555 g/mol. The number of halogens is 1. The van der Waals surface area contributed by atoms with Crippen molar-refractivity contribution < 1.29 is 14.0 Å². The van der Waals surface area contributed by atoms with Crippen LogP contribution in [0.3, 0.4) is 0 Å². The van der Waals surface area contributed by atoms with Gasteiger partial charge in [-0.3, -0.25) is 9.36 Å². The smallest absolute Gasteiger partial charge is 0.265 e. The molecule has 0 N–H and O–H groups in total. The molecule has 2 aromatic heterocycles. The molecule has 0 saturated heterocycles. The van der Waals surface area contributed by atoms with Crippen LogP contribution >= 0.6 is 11.3 Å². The lowest BCUT2D eigenvalue weighted by atomic mass is 9.96. The van der Waals surface area contributed by atoms with E-state index in [4.69, 9.17) is 14.8 Å². The van der Waals surface area contributed by atoms with Gasteiger partial charge in [-0.15, -0.1) is 11.3 Å². The highest BCUT2D eigenvalue weighted by Gasteiger charge is 2.39. The number of hydrogen-bond donors (Lipinski definition) is 0. The number of para-hydroxylation sites is 1. The summed E-state index contributed by atoms with van der Waals surface area (Å²) in [5.74, 6) is 0.314. The maximum Gasteiger partial charge on any atom is 0.265 e. The Kier molecular flexibility index (Phi) is 6.75. The van der Waals surface area contributed by atoms with E-state index in [1.54, 1.807) is 36.5 Å². The number of nitrogens with zero attached hydrogens (tertiary/aromatic N) is 4. The molecule has 1 atom stereocenters. The first-order valence-electron chi connectivity index (χ1n) is 13.2. The lowest BCUT2D eigenvalue weighted by Crippen LogP contribution is -2.24. The number of unbranched alkanes of at least 4 members (excludes halogenated alkanes) is 1. The van der Waals surface area contributed by atoms with Crippen molar-refractivity contribution in [1.29, 1.82) is 0 Å². The summed E-state index contributed by atoms with van der Waals surface area (Å²) < 4.78 is 16.3. The standard InChI is InChI=1S/C31H27FN4O3S/c1-19(37)7-3-6-10-28-33-25-17-20(11-16-23(25)29(38)36(28)22-14-12-21(32)13-15-22)26-18-31(2,39-35-26)30-34-24-8-4-5-9-27(24)40-30/h4-5,8-9,11-17H,3,6-7,10,18H2,1-2H3/t31-/m0/s1. The van der Waals surface area contributed by atoms with Gasteiger partial charge in [0.2, 0.25) is 0 Å².